The van der Waals surface area contributed by atoms with Crippen LogP contribution in [0.1, 0.15) is 33.1 Å². The summed E-state index contributed by atoms with van der Waals surface area (Å²) in [6.07, 6.45) is 1.84. The van der Waals surface area contributed by atoms with E-state index in [1.165, 1.54) is 0 Å². The van der Waals surface area contributed by atoms with E-state index in [0.29, 0.717) is 19.3 Å². The molecule has 1 aliphatic carbocycles. The Morgan fingerprint density at radius 3 is 1.80 bits per heavy atom. The van der Waals surface area contributed by atoms with Gasteiger partial charge in [0.15, 0.2) is 0 Å². The minimum absolute atomic E-state index is 0.190. The number of carbonyl (C=O) groups is 2. The Morgan fingerprint density at radius 2 is 1.53 bits per heavy atom. The fourth-order valence-corrected chi connectivity index (χ4v) is 2.73. The molecule has 2 atom stereocenters. The highest BCUT2D eigenvalue weighted by atomic mass is 16.4. The summed E-state index contributed by atoms with van der Waals surface area (Å²) >= 11 is 0. The van der Waals surface area contributed by atoms with Crippen LogP contribution in [0.4, 0.5) is 0 Å². The number of carboxylic acid groups (broad SMARTS) is 2. The molecule has 0 amide bonds. The van der Waals surface area contributed by atoms with Gasteiger partial charge in [0.1, 0.15) is 0 Å². The molecule has 0 aromatic heterocycles. The summed E-state index contributed by atoms with van der Waals surface area (Å²) in [5.74, 6) is -2.69. The minimum atomic E-state index is -0.848. The van der Waals surface area contributed by atoms with Gasteiger partial charge in [-0.25, -0.2) is 0 Å². The van der Waals surface area contributed by atoms with Gasteiger partial charge in [-0.3, -0.25) is 9.59 Å². The molecule has 2 N–H and O–H groups in total. The molecule has 4 heteroatoms. The lowest BCUT2D eigenvalue weighted by Gasteiger charge is -2.36. The van der Waals surface area contributed by atoms with Crippen molar-refractivity contribution in [2.45, 2.75) is 33.1 Å². The molecule has 0 bridgehead atoms. The number of carboxylic acids is 2. The first-order valence-electron chi connectivity index (χ1n) is 5.43. The van der Waals surface area contributed by atoms with Crippen molar-refractivity contribution < 1.29 is 19.8 Å². The smallest absolute Gasteiger partial charge is 0.306 e. The summed E-state index contributed by atoms with van der Waals surface area (Å²) in [5.41, 5.74) is 0. The summed E-state index contributed by atoms with van der Waals surface area (Å²) in [7, 11) is 0. The lowest BCUT2D eigenvalue weighted by atomic mass is 9.67. The Labute approximate surface area is 89.3 Å². The van der Waals surface area contributed by atoms with Crippen molar-refractivity contribution in [2.75, 3.05) is 0 Å². The Hall–Kier alpha value is -1.06. The van der Waals surface area contributed by atoms with Crippen LogP contribution in [0, 0.1) is 23.7 Å². The quantitative estimate of drug-likeness (QED) is 0.751. The monoisotopic (exact) mass is 214 g/mol. The van der Waals surface area contributed by atoms with E-state index >= 15 is 0 Å². The topological polar surface area (TPSA) is 74.6 Å². The van der Waals surface area contributed by atoms with Crippen LogP contribution in [-0.2, 0) is 9.59 Å². The summed E-state index contributed by atoms with van der Waals surface area (Å²) in [4.78, 5) is 22.1. The van der Waals surface area contributed by atoms with Crippen LogP contribution in [-0.4, -0.2) is 22.2 Å². The first kappa shape index (κ1) is 12.0. The Kier molecular flexibility index (Phi) is 3.72. The van der Waals surface area contributed by atoms with E-state index < -0.39 is 23.8 Å². The second-order valence-corrected chi connectivity index (χ2v) is 4.54. The van der Waals surface area contributed by atoms with Crippen LogP contribution >= 0.6 is 0 Å². The van der Waals surface area contributed by atoms with E-state index in [2.05, 4.69) is 0 Å². The Bertz CT molecular complexity index is 237. The number of hydrogen-bond acceptors (Lipinski definition) is 2. The predicted octanol–water partition coefficient (Wildman–Crippen LogP) is 1.84. The van der Waals surface area contributed by atoms with Crippen LogP contribution < -0.4 is 0 Å². The van der Waals surface area contributed by atoms with Crippen molar-refractivity contribution >= 4 is 11.9 Å². The van der Waals surface area contributed by atoms with Gasteiger partial charge in [0.2, 0.25) is 0 Å². The van der Waals surface area contributed by atoms with Gasteiger partial charge in [0, 0.05) is 0 Å². The van der Waals surface area contributed by atoms with E-state index in [1.807, 2.05) is 13.8 Å². The first-order valence-corrected chi connectivity index (χ1v) is 5.43. The zero-order valence-electron chi connectivity index (χ0n) is 9.14. The third-order valence-corrected chi connectivity index (χ3v) is 3.45. The maximum atomic E-state index is 11.0. The fraction of sp³-hybridized carbons (Fsp3) is 0.818. The maximum absolute atomic E-state index is 11.0. The third-order valence-electron chi connectivity index (χ3n) is 3.45. The Morgan fingerprint density at radius 1 is 1.13 bits per heavy atom. The average molecular weight is 214 g/mol. The highest BCUT2D eigenvalue weighted by Crippen LogP contribution is 2.40. The van der Waals surface area contributed by atoms with E-state index in [0.717, 1.165) is 0 Å². The molecule has 1 rings (SSSR count). The van der Waals surface area contributed by atoms with Crippen LogP contribution in [0.15, 0.2) is 0 Å². The molecule has 0 heterocycles. The van der Waals surface area contributed by atoms with E-state index in [4.69, 9.17) is 10.2 Å². The summed E-state index contributed by atoms with van der Waals surface area (Å²) in [5, 5.41) is 18.1. The van der Waals surface area contributed by atoms with Gasteiger partial charge in [-0.05, 0) is 24.7 Å². The van der Waals surface area contributed by atoms with Crippen molar-refractivity contribution in [1.82, 2.24) is 0 Å². The fourth-order valence-electron chi connectivity index (χ4n) is 2.73. The van der Waals surface area contributed by atoms with Crippen LogP contribution in [0.25, 0.3) is 0 Å². The molecular formula is C11H18O4. The van der Waals surface area contributed by atoms with Gasteiger partial charge in [-0.15, -0.1) is 0 Å². The highest BCUT2D eigenvalue weighted by Gasteiger charge is 2.42. The molecule has 0 aromatic rings. The van der Waals surface area contributed by atoms with Crippen LogP contribution in [0.3, 0.4) is 0 Å². The van der Waals surface area contributed by atoms with Gasteiger partial charge >= 0.3 is 11.9 Å². The molecule has 1 fully saturated rings. The summed E-state index contributed by atoms with van der Waals surface area (Å²) in [6.45, 7) is 3.80. The number of aliphatic carboxylic acids is 2. The van der Waals surface area contributed by atoms with Crippen molar-refractivity contribution in [3.05, 3.63) is 0 Å². The van der Waals surface area contributed by atoms with Crippen molar-refractivity contribution in [3.8, 4) is 0 Å². The average Bonchev–Trinajstić information content (AvgIpc) is 2.16. The summed E-state index contributed by atoms with van der Waals surface area (Å²) < 4.78 is 0. The van der Waals surface area contributed by atoms with Crippen molar-refractivity contribution in [2.24, 2.45) is 23.7 Å². The molecule has 0 spiro atoms. The third kappa shape index (κ3) is 2.49. The molecular weight excluding hydrogens is 196 g/mol. The van der Waals surface area contributed by atoms with Crippen LogP contribution in [0.2, 0.25) is 0 Å². The van der Waals surface area contributed by atoms with Crippen molar-refractivity contribution in [3.63, 3.8) is 0 Å². The van der Waals surface area contributed by atoms with Gasteiger partial charge in [0.25, 0.3) is 0 Å². The molecule has 86 valence electrons. The molecule has 0 aromatic carbocycles. The van der Waals surface area contributed by atoms with Gasteiger partial charge in [-0.2, -0.15) is 0 Å². The maximum Gasteiger partial charge on any atom is 0.306 e. The highest BCUT2D eigenvalue weighted by molar-refractivity contribution is 5.75. The largest absolute Gasteiger partial charge is 0.481 e. The molecule has 15 heavy (non-hydrogen) atoms. The molecule has 2 unspecified atom stereocenters. The van der Waals surface area contributed by atoms with Crippen LogP contribution in [0.5, 0.6) is 0 Å². The molecule has 0 aliphatic heterocycles. The summed E-state index contributed by atoms with van der Waals surface area (Å²) in [6, 6.07) is 0. The SMILES string of the molecule is CCC1C(C(=O)O)CC(C)CC1C(=O)O. The van der Waals surface area contributed by atoms with E-state index in [9.17, 15) is 9.59 Å². The zero-order chi connectivity index (χ0) is 11.6. The Balaban J connectivity index is 2.88. The lowest BCUT2D eigenvalue weighted by Crippen LogP contribution is -2.39. The van der Waals surface area contributed by atoms with E-state index in [-0.39, 0.29) is 11.8 Å². The van der Waals surface area contributed by atoms with Gasteiger partial charge in [-0.1, -0.05) is 20.3 Å². The molecule has 0 saturated heterocycles. The van der Waals surface area contributed by atoms with Crippen molar-refractivity contribution in [1.29, 1.82) is 0 Å². The van der Waals surface area contributed by atoms with E-state index in [1.54, 1.807) is 0 Å². The molecule has 1 saturated carbocycles. The zero-order valence-corrected chi connectivity index (χ0v) is 9.14. The minimum Gasteiger partial charge on any atom is -0.481 e. The second-order valence-electron chi connectivity index (χ2n) is 4.54. The van der Waals surface area contributed by atoms with Gasteiger partial charge < -0.3 is 10.2 Å². The number of hydrogen-bond donors (Lipinski definition) is 2. The second kappa shape index (κ2) is 4.64. The lowest BCUT2D eigenvalue weighted by molar-refractivity contribution is -0.154. The number of rotatable bonds is 3. The molecule has 0 radical (unpaired) electrons. The normalized spacial score (nSPS) is 36.1. The molecule has 1 aliphatic rings. The standard InChI is InChI=1S/C11H18O4/c1-3-7-8(10(12)13)4-6(2)5-9(7)11(14)15/h6-9H,3-5H2,1-2H3,(H,12,13)(H,14,15). The first-order chi connectivity index (χ1) is 6.97. The molecule has 4 nitrogen and oxygen atoms in total. The predicted molar refractivity (Wildman–Crippen MR) is 54.4 cm³/mol. The van der Waals surface area contributed by atoms with Gasteiger partial charge in [0.05, 0.1) is 11.8 Å².